The van der Waals surface area contributed by atoms with Gasteiger partial charge in [0.1, 0.15) is 13.1 Å². The number of ether oxygens (including phenoxy) is 1. The Hall–Kier alpha value is -0.780. The van der Waals surface area contributed by atoms with Crippen LogP contribution in [-0.2, 0) is 14.3 Å². The SMILES string of the molecule is C.C.C=O.CC=O.CCOCC(CC(O)CC)C(C)O. The predicted octanol–water partition coefficient (Wildman–Crippen LogP) is 2.47. The second kappa shape index (κ2) is 26.7. The highest BCUT2D eigenvalue weighted by atomic mass is 16.5. The molecule has 0 radical (unpaired) electrons. The molecule has 0 fully saturated rings. The van der Waals surface area contributed by atoms with Crippen LogP contribution in [0.4, 0.5) is 0 Å². The van der Waals surface area contributed by atoms with Crippen molar-refractivity contribution in [3.8, 4) is 0 Å². The largest absolute Gasteiger partial charge is 0.393 e. The molecule has 0 rings (SSSR count). The summed E-state index contributed by atoms with van der Waals surface area (Å²) in [7, 11) is 0. The average molecular weight is 296 g/mol. The van der Waals surface area contributed by atoms with Crippen LogP contribution < -0.4 is 0 Å². The zero-order valence-corrected chi connectivity index (χ0v) is 12.0. The van der Waals surface area contributed by atoms with E-state index in [0.29, 0.717) is 19.6 Å². The van der Waals surface area contributed by atoms with E-state index in [1.54, 1.807) is 6.92 Å². The van der Waals surface area contributed by atoms with Crippen molar-refractivity contribution < 1.29 is 24.5 Å². The number of hydrogen-bond donors (Lipinski definition) is 2. The van der Waals surface area contributed by atoms with E-state index in [4.69, 9.17) is 14.3 Å². The first-order valence-corrected chi connectivity index (χ1v) is 6.15. The third-order valence-corrected chi connectivity index (χ3v) is 2.26. The van der Waals surface area contributed by atoms with Crippen LogP contribution in [0.2, 0.25) is 0 Å². The quantitative estimate of drug-likeness (QED) is 0.705. The molecular formula is C15H36O5. The maximum Gasteiger partial charge on any atom is 0.116 e. The van der Waals surface area contributed by atoms with Gasteiger partial charge < -0.3 is 24.5 Å². The van der Waals surface area contributed by atoms with Gasteiger partial charge in [0.05, 0.1) is 18.8 Å². The van der Waals surface area contributed by atoms with Crippen molar-refractivity contribution in [3.63, 3.8) is 0 Å². The van der Waals surface area contributed by atoms with E-state index in [1.807, 2.05) is 20.6 Å². The first-order chi connectivity index (χ1) is 8.53. The lowest BCUT2D eigenvalue weighted by molar-refractivity contribution is -0.106. The molecule has 0 amide bonds. The number of aliphatic hydroxyl groups excluding tert-OH is 2. The zero-order valence-electron chi connectivity index (χ0n) is 12.0. The molecule has 0 aliphatic rings. The Morgan fingerprint density at radius 1 is 1.20 bits per heavy atom. The minimum absolute atomic E-state index is 0. The second-order valence-corrected chi connectivity index (χ2v) is 3.69. The summed E-state index contributed by atoms with van der Waals surface area (Å²) in [5, 5.41) is 18.8. The summed E-state index contributed by atoms with van der Waals surface area (Å²) in [5.41, 5.74) is 0. The van der Waals surface area contributed by atoms with E-state index in [0.717, 1.165) is 12.7 Å². The maximum atomic E-state index is 9.41. The fourth-order valence-electron chi connectivity index (χ4n) is 1.19. The first-order valence-electron chi connectivity index (χ1n) is 6.15. The van der Waals surface area contributed by atoms with Crippen LogP contribution in [0, 0.1) is 5.92 Å². The van der Waals surface area contributed by atoms with Crippen LogP contribution in [0.15, 0.2) is 0 Å². The summed E-state index contributed by atoms with van der Waals surface area (Å²) in [4.78, 5) is 16.8. The molecule has 0 heterocycles. The van der Waals surface area contributed by atoms with Gasteiger partial charge in [-0.25, -0.2) is 0 Å². The minimum Gasteiger partial charge on any atom is -0.393 e. The molecule has 20 heavy (non-hydrogen) atoms. The van der Waals surface area contributed by atoms with Crippen molar-refractivity contribution >= 4 is 13.1 Å². The van der Waals surface area contributed by atoms with E-state index in [-0.39, 0.29) is 26.9 Å². The highest BCUT2D eigenvalue weighted by Crippen LogP contribution is 2.14. The predicted molar refractivity (Wildman–Crippen MR) is 84.9 cm³/mol. The number of carbonyl (C=O) groups is 2. The topological polar surface area (TPSA) is 83.8 Å². The molecular weight excluding hydrogens is 260 g/mol. The normalized spacial score (nSPS) is 12.7. The molecule has 3 unspecified atom stereocenters. The molecule has 5 nitrogen and oxygen atoms in total. The number of aliphatic hydroxyl groups is 2. The van der Waals surface area contributed by atoms with Crippen molar-refractivity contribution in [3.05, 3.63) is 0 Å². The molecule has 0 aromatic heterocycles. The van der Waals surface area contributed by atoms with Crippen molar-refractivity contribution in [1.29, 1.82) is 0 Å². The number of aldehydes is 1. The Morgan fingerprint density at radius 3 is 1.85 bits per heavy atom. The Balaban J connectivity index is -0.0000000944. The van der Waals surface area contributed by atoms with E-state index in [9.17, 15) is 10.2 Å². The third-order valence-electron chi connectivity index (χ3n) is 2.26. The first kappa shape index (κ1) is 31.6. The Morgan fingerprint density at radius 2 is 1.60 bits per heavy atom. The van der Waals surface area contributed by atoms with Gasteiger partial charge in [-0.2, -0.15) is 0 Å². The van der Waals surface area contributed by atoms with Crippen LogP contribution in [0.3, 0.4) is 0 Å². The summed E-state index contributed by atoms with van der Waals surface area (Å²) in [6, 6.07) is 0. The van der Waals surface area contributed by atoms with Gasteiger partial charge in [-0.3, -0.25) is 0 Å². The second-order valence-electron chi connectivity index (χ2n) is 3.69. The van der Waals surface area contributed by atoms with Crippen LogP contribution in [-0.4, -0.2) is 48.7 Å². The van der Waals surface area contributed by atoms with E-state index in [1.165, 1.54) is 6.92 Å². The van der Waals surface area contributed by atoms with Gasteiger partial charge in [-0.05, 0) is 33.6 Å². The van der Waals surface area contributed by atoms with Crippen molar-refractivity contribution in [2.45, 2.75) is 67.6 Å². The lowest BCUT2D eigenvalue weighted by Crippen LogP contribution is -2.26. The van der Waals surface area contributed by atoms with Crippen molar-refractivity contribution in [1.82, 2.24) is 0 Å². The monoisotopic (exact) mass is 296 g/mol. The number of hydrogen-bond acceptors (Lipinski definition) is 5. The number of carbonyl (C=O) groups excluding carboxylic acids is 2. The van der Waals surface area contributed by atoms with Gasteiger partial charge in [-0.1, -0.05) is 21.8 Å². The summed E-state index contributed by atoms with van der Waals surface area (Å²) < 4.78 is 5.23. The molecule has 5 heteroatoms. The van der Waals surface area contributed by atoms with Crippen LogP contribution >= 0.6 is 0 Å². The molecule has 0 saturated heterocycles. The van der Waals surface area contributed by atoms with E-state index >= 15 is 0 Å². The summed E-state index contributed by atoms with van der Waals surface area (Å²) in [6.45, 7) is 10.2. The fraction of sp³-hybridized carbons (Fsp3) is 0.867. The Labute approximate surface area is 125 Å². The molecule has 0 saturated carbocycles. The molecule has 0 aromatic rings. The van der Waals surface area contributed by atoms with Gasteiger partial charge in [-0.15, -0.1) is 0 Å². The van der Waals surface area contributed by atoms with Gasteiger partial charge in [0.15, 0.2) is 0 Å². The zero-order chi connectivity index (χ0) is 15.0. The smallest absolute Gasteiger partial charge is 0.116 e. The summed E-state index contributed by atoms with van der Waals surface area (Å²) in [5.74, 6) is 0.0508. The van der Waals surface area contributed by atoms with E-state index in [2.05, 4.69) is 0 Å². The Kier molecular flexibility index (Phi) is 42.2. The number of rotatable bonds is 7. The summed E-state index contributed by atoms with van der Waals surface area (Å²) >= 11 is 0. The molecule has 0 aliphatic heterocycles. The molecule has 0 bridgehead atoms. The molecule has 3 atom stereocenters. The standard InChI is InChI=1S/C10H22O3.C2H4O.CH2O.2CH4/c1-4-10(12)6-9(8(3)11)7-13-5-2;1-2-3;1-2;;/h8-12H,4-7H2,1-3H3;2H,1H3;1H2;2*1H4. The molecule has 0 spiro atoms. The Bertz CT molecular complexity index is 162. The summed E-state index contributed by atoms with van der Waals surface area (Å²) in [6.07, 6.45) is 1.37. The van der Waals surface area contributed by atoms with E-state index < -0.39 is 6.10 Å². The van der Waals surface area contributed by atoms with Crippen LogP contribution in [0.5, 0.6) is 0 Å². The van der Waals surface area contributed by atoms with Crippen molar-refractivity contribution in [2.24, 2.45) is 5.92 Å². The molecule has 0 aromatic carbocycles. The third kappa shape index (κ3) is 25.9. The van der Waals surface area contributed by atoms with Gasteiger partial charge >= 0.3 is 0 Å². The van der Waals surface area contributed by atoms with Gasteiger partial charge in [0, 0.05) is 12.5 Å². The maximum absolute atomic E-state index is 9.41. The van der Waals surface area contributed by atoms with Gasteiger partial charge in [0.2, 0.25) is 0 Å². The van der Waals surface area contributed by atoms with Crippen molar-refractivity contribution in [2.75, 3.05) is 13.2 Å². The van der Waals surface area contributed by atoms with Crippen LogP contribution in [0.1, 0.15) is 55.4 Å². The fourth-order valence-corrected chi connectivity index (χ4v) is 1.19. The lowest BCUT2D eigenvalue weighted by atomic mass is 9.96. The average Bonchev–Trinajstić information content (AvgIpc) is 2.37. The minimum atomic E-state index is -0.409. The molecule has 2 N–H and O–H groups in total. The lowest BCUT2D eigenvalue weighted by Gasteiger charge is -2.21. The van der Waals surface area contributed by atoms with Crippen LogP contribution in [0.25, 0.3) is 0 Å². The highest BCUT2D eigenvalue weighted by molar-refractivity contribution is 5.44. The molecule has 126 valence electrons. The van der Waals surface area contributed by atoms with Gasteiger partial charge in [0.25, 0.3) is 0 Å². The molecule has 0 aliphatic carbocycles. The highest BCUT2D eigenvalue weighted by Gasteiger charge is 2.18.